The van der Waals surface area contributed by atoms with Gasteiger partial charge in [-0.1, -0.05) is 58.0 Å². The second kappa shape index (κ2) is 15.2. The molecule has 13 heteroatoms. The van der Waals surface area contributed by atoms with E-state index in [9.17, 15) is 27.6 Å². The van der Waals surface area contributed by atoms with E-state index >= 15 is 0 Å². The molecule has 43 heavy (non-hydrogen) atoms. The highest BCUT2D eigenvalue weighted by Crippen LogP contribution is 2.29. The number of ether oxygens (including phenoxy) is 1. The summed E-state index contributed by atoms with van der Waals surface area (Å²) in [6, 6.07) is 6.58. The standard InChI is InChI=1S/C30H47N5O7S/c1-20(2)15-23(27(37)30(5)19-42-30)33-29(39)25(17-22-9-7-6-8-10-22)34-28(38)24(16-21(3)4)32-26(36)18-31-35-11-13-43(40,41)14-12-35/h6-10,20-21,23-25,31H,11-19H2,1-5H3,(H,32,36)(H,33,39)(H,34,38)/t23-,24-,25-,30+/m0/s1. The number of epoxide rings is 1. The number of hydrogen-bond donors (Lipinski definition) is 4. The molecule has 4 atom stereocenters. The zero-order valence-electron chi connectivity index (χ0n) is 25.9. The van der Waals surface area contributed by atoms with E-state index in [1.54, 1.807) is 11.9 Å². The largest absolute Gasteiger partial charge is 0.361 e. The molecule has 3 rings (SSSR count). The summed E-state index contributed by atoms with van der Waals surface area (Å²) in [5, 5.41) is 10.2. The molecule has 0 radical (unpaired) electrons. The van der Waals surface area contributed by atoms with Crippen molar-refractivity contribution in [3.63, 3.8) is 0 Å². The van der Waals surface area contributed by atoms with E-state index < -0.39 is 51.3 Å². The summed E-state index contributed by atoms with van der Waals surface area (Å²) in [6.07, 6.45) is 0.956. The van der Waals surface area contributed by atoms with Crippen molar-refractivity contribution < 1.29 is 32.3 Å². The van der Waals surface area contributed by atoms with Crippen molar-refractivity contribution in [3.8, 4) is 0 Å². The van der Waals surface area contributed by atoms with Crippen LogP contribution in [0.25, 0.3) is 0 Å². The monoisotopic (exact) mass is 621 g/mol. The molecule has 2 fully saturated rings. The van der Waals surface area contributed by atoms with E-state index in [-0.39, 0.29) is 55.2 Å². The van der Waals surface area contributed by atoms with E-state index in [2.05, 4.69) is 21.4 Å². The average Bonchev–Trinajstić information content (AvgIpc) is 3.69. The number of amides is 3. The first-order chi connectivity index (χ1) is 20.2. The van der Waals surface area contributed by atoms with Crippen molar-refractivity contribution in [2.24, 2.45) is 11.8 Å². The Labute approximate surface area is 254 Å². The van der Waals surface area contributed by atoms with Crippen LogP contribution >= 0.6 is 0 Å². The number of rotatable bonds is 16. The molecule has 240 valence electrons. The molecule has 2 aliphatic heterocycles. The van der Waals surface area contributed by atoms with Crippen molar-refractivity contribution >= 4 is 33.3 Å². The SMILES string of the molecule is CC(C)C[C@H](NC(=O)CNN1CCS(=O)(=O)CC1)C(=O)N[C@@H](Cc1ccccc1)C(=O)N[C@@H](CC(C)C)C(=O)[C@@]1(C)CO1. The summed E-state index contributed by atoms with van der Waals surface area (Å²) in [5.74, 6) is -1.40. The van der Waals surface area contributed by atoms with Crippen LogP contribution in [0.15, 0.2) is 30.3 Å². The number of carbonyl (C=O) groups excluding carboxylic acids is 4. The van der Waals surface area contributed by atoms with E-state index in [1.807, 2.05) is 58.0 Å². The predicted molar refractivity (Wildman–Crippen MR) is 162 cm³/mol. The number of nitrogens with zero attached hydrogens (tertiary/aromatic N) is 1. The van der Waals surface area contributed by atoms with Gasteiger partial charge < -0.3 is 20.7 Å². The molecular formula is C30H47N5O7S. The number of hydrazine groups is 1. The highest BCUT2D eigenvalue weighted by atomic mass is 32.2. The van der Waals surface area contributed by atoms with Crippen LogP contribution < -0.4 is 21.4 Å². The molecule has 3 amide bonds. The van der Waals surface area contributed by atoms with Gasteiger partial charge in [0.25, 0.3) is 0 Å². The van der Waals surface area contributed by atoms with Crippen LogP contribution in [0, 0.1) is 11.8 Å². The molecule has 2 heterocycles. The van der Waals surface area contributed by atoms with Gasteiger partial charge in [0.2, 0.25) is 17.7 Å². The number of nitrogens with one attached hydrogen (secondary N) is 4. The third kappa shape index (κ3) is 11.3. The van der Waals surface area contributed by atoms with Crippen molar-refractivity contribution in [1.82, 2.24) is 26.4 Å². The Morgan fingerprint density at radius 2 is 1.40 bits per heavy atom. The van der Waals surface area contributed by atoms with Crippen LogP contribution in [-0.2, 0) is 40.2 Å². The first-order valence-corrected chi connectivity index (χ1v) is 16.8. The van der Waals surface area contributed by atoms with Crippen LogP contribution in [0.4, 0.5) is 0 Å². The van der Waals surface area contributed by atoms with E-state index in [4.69, 9.17) is 4.74 Å². The summed E-state index contributed by atoms with van der Waals surface area (Å²) in [7, 11) is -3.06. The number of benzene rings is 1. The summed E-state index contributed by atoms with van der Waals surface area (Å²) in [4.78, 5) is 53.2. The van der Waals surface area contributed by atoms with Crippen LogP contribution in [0.2, 0.25) is 0 Å². The molecule has 0 aromatic heterocycles. The maximum atomic E-state index is 13.7. The van der Waals surface area contributed by atoms with Gasteiger partial charge in [-0.25, -0.2) is 18.9 Å². The van der Waals surface area contributed by atoms with Crippen LogP contribution in [0.1, 0.15) is 53.0 Å². The van der Waals surface area contributed by atoms with Gasteiger partial charge in [-0.3, -0.25) is 19.2 Å². The Balaban J connectivity index is 1.70. The first kappa shape index (κ1) is 34.6. The number of Topliss-reactive ketones (excluding diaryl/α,β-unsaturated/α-hetero) is 1. The summed E-state index contributed by atoms with van der Waals surface area (Å²) < 4.78 is 28.7. The van der Waals surface area contributed by atoms with Crippen molar-refractivity contribution in [3.05, 3.63) is 35.9 Å². The summed E-state index contributed by atoms with van der Waals surface area (Å²) in [6.45, 7) is 10.2. The van der Waals surface area contributed by atoms with Crippen molar-refractivity contribution in [2.45, 2.75) is 77.6 Å². The maximum absolute atomic E-state index is 13.7. The van der Waals surface area contributed by atoms with Crippen LogP contribution in [0.5, 0.6) is 0 Å². The van der Waals surface area contributed by atoms with Crippen LogP contribution in [0.3, 0.4) is 0 Å². The molecule has 12 nitrogen and oxygen atoms in total. The van der Waals surface area contributed by atoms with E-state index in [0.717, 1.165) is 5.56 Å². The average molecular weight is 622 g/mol. The lowest BCUT2D eigenvalue weighted by Crippen LogP contribution is -2.58. The van der Waals surface area contributed by atoms with Gasteiger partial charge in [-0.2, -0.15) is 0 Å². The second-order valence-electron chi connectivity index (χ2n) is 12.5. The topological polar surface area (TPSA) is 166 Å². The molecule has 0 unspecified atom stereocenters. The maximum Gasteiger partial charge on any atom is 0.243 e. The highest BCUT2D eigenvalue weighted by molar-refractivity contribution is 7.91. The van der Waals surface area contributed by atoms with Gasteiger partial charge in [0.15, 0.2) is 15.6 Å². The smallest absolute Gasteiger partial charge is 0.243 e. The highest BCUT2D eigenvalue weighted by Gasteiger charge is 2.50. The van der Waals surface area contributed by atoms with E-state index in [0.29, 0.717) is 19.4 Å². The molecule has 4 N–H and O–H groups in total. The zero-order chi connectivity index (χ0) is 31.8. The molecule has 2 saturated heterocycles. The minimum Gasteiger partial charge on any atom is -0.361 e. The second-order valence-corrected chi connectivity index (χ2v) is 14.9. The van der Waals surface area contributed by atoms with Gasteiger partial charge in [0.1, 0.15) is 17.7 Å². The fourth-order valence-corrected chi connectivity index (χ4v) is 6.13. The van der Waals surface area contributed by atoms with Gasteiger partial charge in [-0.15, -0.1) is 0 Å². The van der Waals surface area contributed by atoms with Crippen molar-refractivity contribution in [1.29, 1.82) is 0 Å². The van der Waals surface area contributed by atoms with Gasteiger partial charge in [0.05, 0.1) is 30.7 Å². The number of ketones is 1. The third-order valence-corrected chi connectivity index (χ3v) is 9.13. The van der Waals surface area contributed by atoms with Gasteiger partial charge >= 0.3 is 0 Å². The third-order valence-electron chi connectivity index (χ3n) is 7.52. The fraction of sp³-hybridized carbons (Fsp3) is 0.667. The quantitative estimate of drug-likeness (QED) is 0.191. The molecule has 0 spiro atoms. The number of sulfone groups is 1. The summed E-state index contributed by atoms with van der Waals surface area (Å²) >= 11 is 0. The Hall–Kier alpha value is -2.87. The molecule has 0 aliphatic carbocycles. The minimum absolute atomic E-state index is 0.0146. The zero-order valence-corrected chi connectivity index (χ0v) is 26.7. The number of carbonyl (C=O) groups is 4. The fourth-order valence-electron chi connectivity index (χ4n) is 4.93. The lowest BCUT2D eigenvalue weighted by Gasteiger charge is -2.28. The van der Waals surface area contributed by atoms with Gasteiger partial charge in [-0.05, 0) is 37.2 Å². The molecule has 0 bridgehead atoms. The van der Waals surface area contributed by atoms with Gasteiger partial charge in [0, 0.05) is 19.5 Å². The normalized spacial score (nSPS) is 21.9. The molecule has 1 aromatic rings. The summed E-state index contributed by atoms with van der Waals surface area (Å²) in [5.41, 5.74) is 2.85. The Kier molecular flexibility index (Phi) is 12.3. The molecule has 0 saturated carbocycles. The lowest BCUT2D eigenvalue weighted by molar-refractivity contribution is -0.134. The molecular weight excluding hydrogens is 574 g/mol. The first-order valence-electron chi connectivity index (χ1n) is 15.0. The van der Waals surface area contributed by atoms with Crippen LogP contribution in [-0.4, -0.2) is 98.4 Å². The predicted octanol–water partition coefficient (Wildman–Crippen LogP) is 0.369. The Morgan fingerprint density at radius 1 is 0.860 bits per heavy atom. The minimum atomic E-state index is -3.06. The molecule has 2 aliphatic rings. The Bertz CT molecular complexity index is 1220. The number of hydrogen-bond acceptors (Lipinski definition) is 9. The lowest BCUT2D eigenvalue weighted by atomic mass is 9.93. The van der Waals surface area contributed by atoms with Crippen molar-refractivity contribution in [2.75, 3.05) is 37.7 Å². The Morgan fingerprint density at radius 3 is 1.95 bits per heavy atom. The van der Waals surface area contributed by atoms with E-state index in [1.165, 1.54) is 0 Å². The molecule has 1 aromatic carbocycles.